The van der Waals surface area contributed by atoms with Crippen molar-refractivity contribution >= 4 is 0 Å². The van der Waals surface area contributed by atoms with Gasteiger partial charge in [0.25, 0.3) is 0 Å². The molecule has 16 heavy (non-hydrogen) atoms. The highest BCUT2D eigenvalue weighted by Crippen LogP contribution is 2.31. The molecular formula is C15H31N. The summed E-state index contributed by atoms with van der Waals surface area (Å²) in [6.45, 7) is 8.06. The second kappa shape index (κ2) is 8.11. The molecule has 0 heterocycles. The van der Waals surface area contributed by atoms with Crippen molar-refractivity contribution in [2.24, 2.45) is 11.8 Å². The summed E-state index contributed by atoms with van der Waals surface area (Å²) in [5.74, 6) is 1.98. The molecule has 1 aliphatic carbocycles. The fourth-order valence-corrected chi connectivity index (χ4v) is 3.30. The predicted octanol–water partition coefficient (Wildman–Crippen LogP) is 4.37. The van der Waals surface area contributed by atoms with Crippen molar-refractivity contribution < 1.29 is 0 Å². The lowest BCUT2D eigenvalue weighted by Crippen LogP contribution is -2.35. The minimum Gasteiger partial charge on any atom is -0.314 e. The van der Waals surface area contributed by atoms with Gasteiger partial charge in [0.15, 0.2) is 0 Å². The minimum absolute atomic E-state index is 0.797. The molecule has 1 nitrogen and oxygen atoms in total. The Labute approximate surface area is 102 Å². The van der Waals surface area contributed by atoms with Crippen LogP contribution < -0.4 is 5.32 Å². The van der Waals surface area contributed by atoms with E-state index in [9.17, 15) is 0 Å². The molecule has 3 unspecified atom stereocenters. The smallest absolute Gasteiger partial charge is 0.00951 e. The van der Waals surface area contributed by atoms with E-state index in [1.54, 1.807) is 0 Å². The van der Waals surface area contributed by atoms with E-state index in [1.165, 1.54) is 51.4 Å². The van der Waals surface area contributed by atoms with Crippen molar-refractivity contribution in [1.82, 2.24) is 5.32 Å². The summed E-state index contributed by atoms with van der Waals surface area (Å²) in [5, 5.41) is 3.71. The zero-order chi connectivity index (χ0) is 11.8. The van der Waals surface area contributed by atoms with Gasteiger partial charge in [-0.15, -0.1) is 0 Å². The van der Waals surface area contributed by atoms with Crippen molar-refractivity contribution in [2.75, 3.05) is 6.54 Å². The third-order valence-electron chi connectivity index (χ3n) is 4.35. The fourth-order valence-electron chi connectivity index (χ4n) is 3.30. The zero-order valence-corrected chi connectivity index (χ0v) is 11.6. The first-order valence-electron chi connectivity index (χ1n) is 7.55. The van der Waals surface area contributed by atoms with Crippen molar-refractivity contribution in [1.29, 1.82) is 0 Å². The third kappa shape index (κ3) is 4.45. The normalized spacial score (nSPS) is 28.7. The van der Waals surface area contributed by atoms with Crippen molar-refractivity contribution in [3.63, 3.8) is 0 Å². The number of rotatable bonds is 6. The lowest BCUT2D eigenvalue weighted by molar-refractivity contribution is 0.302. The van der Waals surface area contributed by atoms with E-state index in [4.69, 9.17) is 0 Å². The summed E-state index contributed by atoms with van der Waals surface area (Å²) < 4.78 is 0. The summed E-state index contributed by atoms with van der Waals surface area (Å²) >= 11 is 0. The summed E-state index contributed by atoms with van der Waals surface area (Å²) in [4.78, 5) is 0. The number of hydrogen-bond donors (Lipinski definition) is 1. The SMILES string of the molecule is CCCC(NCC)C1CCCC(CC)CC1. The van der Waals surface area contributed by atoms with E-state index >= 15 is 0 Å². The van der Waals surface area contributed by atoms with E-state index in [2.05, 4.69) is 26.1 Å². The molecule has 1 rings (SSSR count). The van der Waals surface area contributed by atoms with Crippen LogP contribution in [-0.4, -0.2) is 12.6 Å². The highest BCUT2D eigenvalue weighted by atomic mass is 14.9. The topological polar surface area (TPSA) is 12.0 Å². The predicted molar refractivity (Wildman–Crippen MR) is 72.7 cm³/mol. The van der Waals surface area contributed by atoms with Crippen LogP contribution in [0.3, 0.4) is 0 Å². The largest absolute Gasteiger partial charge is 0.314 e. The van der Waals surface area contributed by atoms with Crippen LogP contribution in [0.25, 0.3) is 0 Å². The molecule has 1 aliphatic rings. The van der Waals surface area contributed by atoms with Crippen LogP contribution in [0.15, 0.2) is 0 Å². The Morgan fingerprint density at radius 2 is 1.88 bits per heavy atom. The van der Waals surface area contributed by atoms with Crippen LogP contribution in [0, 0.1) is 11.8 Å². The van der Waals surface area contributed by atoms with E-state index in [-0.39, 0.29) is 0 Å². The van der Waals surface area contributed by atoms with Gasteiger partial charge >= 0.3 is 0 Å². The van der Waals surface area contributed by atoms with Gasteiger partial charge in [0.1, 0.15) is 0 Å². The first kappa shape index (κ1) is 14.0. The summed E-state index contributed by atoms with van der Waals surface area (Å²) in [6.07, 6.45) is 11.5. The maximum absolute atomic E-state index is 3.71. The quantitative estimate of drug-likeness (QED) is 0.662. The molecule has 0 radical (unpaired) electrons. The Balaban J connectivity index is 2.43. The third-order valence-corrected chi connectivity index (χ3v) is 4.35. The van der Waals surface area contributed by atoms with E-state index in [1.807, 2.05) is 0 Å². The van der Waals surface area contributed by atoms with Crippen LogP contribution in [-0.2, 0) is 0 Å². The van der Waals surface area contributed by atoms with Gasteiger partial charge < -0.3 is 5.32 Å². The Morgan fingerprint density at radius 1 is 1.06 bits per heavy atom. The molecule has 1 fully saturated rings. The molecule has 0 aromatic heterocycles. The Hall–Kier alpha value is -0.0400. The van der Waals surface area contributed by atoms with Crippen LogP contribution in [0.5, 0.6) is 0 Å². The zero-order valence-electron chi connectivity index (χ0n) is 11.6. The highest BCUT2D eigenvalue weighted by Gasteiger charge is 2.23. The lowest BCUT2D eigenvalue weighted by atomic mass is 9.88. The Kier molecular flexibility index (Phi) is 7.11. The van der Waals surface area contributed by atoms with Gasteiger partial charge in [0.05, 0.1) is 0 Å². The lowest BCUT2D eigenvalue weighted by Gasteiger charge is -2.26. The second-order valence-corrected chi connectivity index (χ2v) is 5.50. The molecular weight excluding hydrogens is 194 g/mol. The molecule has 1 heteroatoms. The average molecular weight is 225 g/mol. The summed E-state index contributed by atoms with van der Waals surface area (Å²) in [5.41, 5.74) is 0. The molecule has 0 aromatic carbocycles. The van der Waals surface area contributed by atoms with Crippen molar-refractivity contribution in [3.8, 4) is 0 Å². The van der Waals surface area contributed by atoms with Crippen LogP contribution in [0.2, 0.25) is 0 Å². The summed E-state index contributed by atoms with van der Waals surface area (Å²) in [7, 11) is 0. The molecule has 0 saturated heterocycles. The molecule has 96 valence electrons. The van der Waals surface area contributed by atoms with E-state index in [0.29, 0.717) is 0 Å². The fraction of sp³-hybridized carbons (Fsp3) is 1.00. The van der Waals surface area contributed by atoms with Gasteiger partial charge in [-0.25, -0.2) is 0 Å². The van der Waals surface area contributed by atoms with Crippen LogP contribution in [0.4, 0.5) is 0 Å². The highest BCUT2D eigenvalue weighted by molar-refractivity contribution is 4.79. The van der Waals surface area contributed by atoms with Gasteiger partial charge in [-0.3, -0.25) is 0 Å². The monoisotopic (exact) mass is 225 g/mol. The van der Waals surface area contributed by atoms with Crippen molar-refractivity contribution in [3.05, 3.63) is 0 Å². The molecule has 1 saturated carbocycles. The Morgan fingerprint density at radius 3 is 2.50 bits per heavy atom. The van der Waals surface area contributed by atoms with Gasteiger partial charge in [-0.2, -0.15) is 0 Å². The average Bonchev–Trinajstić information content (AvgIpc) is 2.53. The molecule has 0 spiro atoms. The van der Waals surface area contributed by atoms with Crippen molar-refractivity contribution in [2.45, 2.75) is 78.2 Å². The first-order valence-corrected chi connectivity index (χ1v) is 7.55. The minimum atomic E-state index is 0.797. The molecule has 0 bridgehead atoms. The molecule has 0 aliphatic heterocycles. The maximum atomic E-state index is 3.71. The van der Waals surface area contributed by atoms with Gasteiger partial charge in [-0.1, -0.05) is 52.9 Å². The second-order valence-electron chi connectivity index (χ2n) is 5.50. The molecule has 0 aromatic rings. The van der Waals surface area contributed by atoms with Crippen LogP contribution in [0.1, 0.15) is 72.1 Å². The standard InChI is InChI=1S/C15H31N/c1-4-8-15(16-6-3)14-10-7-9-13(5-2)11-12-14/h13-16H,4-12H2,1-3H3. The van der Waals surface area contributed by atoms with E-state index < -0.39 is 0 Å². The van der Waals surface area contributed by atoms with Gasteiger partial charge in [0.2, 0.25) is 0 Å². The molecule has 1 N–H and O–H groups in total. The first-order chi connectivity index (χ1) is 7.81. The van der Waals surface area contributed by atoms with Crippen LogP contribution >= 0.6 is 0 Å². The number of hydrogen-bond acceptors (Lipinski definition) is 1. The Bertz CT molecular complexity index is 161. The van der Waals surface area contributed by atoms with E-state index in [0.717, 1.165) is 24.4 Å². The van der Waals surface area contributed by atoms with Gasteiger partial charge in [0, 0.05) is 6.04 Å². The summed E-state index contributed by atoms with van der Waals surface area (Å²) in [6, 6.07) is 0.797. The molecule has 0 amide bonds. The maximum Gasteiger partial charge on any atom is 0.00951 e. The van der Waals surface area contributed by atoms with Gasteiger partial charge in [-0.05, 0) is 37.6 Å². The molecule has 3 atom stereocenters. The number of nitrogens with one attached hydrogen (secondary N) is 1.